The SMILES string of the molecule is Cc1ccc(C([O-])=Nc2cc(C(F)(F)F)ccn2)cc1C#Cc1cnc2ccccn12. The molecule has 8 heteroatoms. The minimum absolute atomic E-state index is 0.201. The Morgan fingerprint density at radius 1 is 1.06 bits per heavy atom. The van der Waals surface area contributed by atoms with Gasteiger partial charge in [-0.15, -0.1) is 0 Å². The highest BCUT2D eigenvalue weighted by Crippen LogP contribution is 2.30. The fraction of sp³-hybridized carbons (Fsp3) is 0.0870. The minimum atomic E-state index is -4.54. The summed E-state index contributed by atoms with van der Waals surface area (Å²) < 4.78 is 40.4. The number of benzene rings is 1. The highest BCUT2D eigenvalue weighted by molar-refractivity contribution is 5.92. The van der Waals surface area contributed by atoms with Crippen molar-refractivity contribution in [3.05, 3.63) is 95.1 Å². The average molecular weight is 419 g/mol. The summed E-state index contributed by atoms with van der Waals surface area (Å²) in [5, 5.41) is 12.5. The molecule has 5 nitrogen and oxygen atoms in total. The maximum Gasteiger partial charge on any atom is 0.416 e. The Balaban J connectivity index is 1.66. The predicted octanol–water partition coefficient (Wildman–Crippen LogP) is 3.89. The molecule has 0 radical (unpaired) electrons. The molecule has 0 atom stereocenters. The van der Waals surface area contributed by atoms with Crippen LogP contribution in [0.4, 0.5) is 19.0 Å². The molecule has 0 saturated heterocycles. The second kappa shape index (κ2) is 7.95. The Hall–Kier alpha value is -4.12. The Bertz CT molecular complexity index is 1360. The van der Waals surface area contributed by atoms with Crippen molar-refractivity contribution < 1.29 is 18.3 Å². The Morgan fingerprint density at radius 3 is 2.71 bits per heavy atom. The highest BCUT2D eigenvalue weighted by Gasteiger charge is 2.30. The monoisotopic (exact) mass is 419 g/mol. The molecule has 4 aromatic rings. The lowest BCUT2D eigenvalue weighted by molar-refractivity contribution is -0.212. The van der Waals surface area contributed by atoms with Gasteiger partial charge in [-0.3, -0.25) is 4.40 Å². The molecule has 3 heterocycles. The van der Waals surface area contributed by atoms with Gasteiger partial charge in [-0.1, -0.05) is 24.1 Å². The summed E-state index contributed by atoms with van der Waals surface area (Å²) >= 11 is 0. The number of halogens is 3. The zero-order chi connectivity index (χ0) is 22.0. The van der Waals surface area contributed by atoms with Crippen molar-refractivity contribution in [3.63, 3.8) is 0 Å². The van der Waals surface area contributed by atoms with Crippen LogP contribution in [-0.4, -0.2) is 20.3 Å². The van der Waals surface area contributed by atoms with E-state index in [1.54, 1.807) is 24.4 Å². The quantitative estimate of drug-likeness (QED) is 0.281. The van der Waals surface area contributed by atoms with Gasteiger partial charge in [-0.2, -0.15) is 13.2 Å². The molecule has 4 rings (SSSR count). The second-order valence-electron chi connectivity index (χ2n) is 6.67. The topological polar surface area (TPSA) is 65.6 Å². The van der Waals surface area contributed by atoms with E-state index in [-0.39, 0.29) is 11.4 Å². The maximum absolute atomic E-state index is 12.8. The number of pyridine rings is 2. The maximum atomic E-state index is 12.8. The van der Waals surface area contributed by atoms with Crippen molar-refractivity contribution in [2.75, 3.05) is 0 Å². The number of fused-ring (bicyclic) bond motifs is 1. The van der Waals surface area contributed by atoms with Gasteiger partial charge in [0, 0.05) is 18.0 Å². The van der Waals surface area contributed by atoms with Gasteiger partial charge in [-0.05, 0) is 60.2 Å². The van der Waals surface area contributed by atoms with Crippen molar-refractivity contribution in [1.82, 2.24) is 14.4 Å². The number of alkyl halides is 3. The van der Waals surface area contributed by atoms with Crippen LogP contribution in [0.3, 0.4) is 0 Å². The number of aryl methyl sites for hydroxylation is 1. The predicted molar refractivity (Wildman–Crippen MR) is 108 cm³/mol. The van der Waals surface area contributed by atoms with Gasteiger partial charge in [0.2, 0.25) is 0 Å². The van der Waals surface area contributed by atoms with E-state index in [0.29, 0.717) is 11.3 Å². The van der Waals surface area contributed by atoms with Crippen molar-refractivity contribution in [2.45, 2.75) is 13.1 Å². The summed E-state index contributed by atoms with van der Waals surface area (Å²) in [6.07, 6.45) is -0.0704. The summed E-state index contributed by atoms with van der Waals surface area (Å²) in [5.74, 6) is 5.05. The van der Waals surface area contributed by atoms with Gasteiger partial charge in [0.25, 0.3) is 0 Å². The van der Waals surface area contributed by atoms with Gasteiger partial charge in [0.1, 0.15) is 11.3 Å². The van der Waals surface area contributed by atoms with Crippen LogP contribution in [0.5, 0.6) is 0 Å². The molecule has 0 unspecified atom stereocenters. The van der Waals surface area contributed by atoms with Gasteiger partial charge >= 0.3 is 6.18 Å². The summed E-state index contributed by atoms with van der Waals surface area (Å²) in [6.45, 7) is 1.85. The molecule has 0 fully saturated rings. The first kappa shape index (κ1) is 20.2. The lowest BCUT2D eigenvalue weighted by atomic mass is 10.0. The summed E-state index contributed by atoms with van der Waals surface area (Å²) in [6, 6.07) is 12.0. The molecule has 3 aromatic heterocycles. The van der Waals surface area contributed by atoms with Crippen LogP contribution in [0.1, 0.15) is 27.9 Å². The third-order valence-electron chi connectivity index (χ3n) is 4.52. The fourth-order valence-electron chi connectivity index (χ4n) is 2.87. The van der Waals surface area contributed by atoms with Crippen molar-refractivity contribution in [1.29, 1.82) is 0 Å². The first-order valence-electron chi connectivity index (χ1n) is 9.15. The molecule has 0 saturated carbocycles. The lowest BCUT2D eigenvalue weighted by Crippen LogP contribution is -2.18. The molecule has 0 bridgehead atoms. The molecule has 0 N–H and O–H groups in total. The first-order chi connectivity index (χ1) is 14.8. The van der Waals surface area contributed by atoms with Gasteiger partial charge in [0.05, 0.1) is 11.8 Å². The van der Waals surface area contributed by atoms with Crippen LogP contribution >= 0.6 is 0 Å². The van der Waals surface area contributed by atoms with Gasteiger partial charge in [0.15, 0.2) is 5.82 Å². The summed E-state index contributed by atoms with van der Waals surface area (Å²) in [4.78, 5) is 11.7. The molecule has 0 aliphatic heterocycles. The molecule has 0 aliphatic carbocycles. The average Bonchev–Trinajstić information content (AvgIpc) is 3.16. The van der Waals surface area contributed by atoms with Crippen LogP contribution in [-0.2, 0) is 6.18 Å². The minimum Gasteiger partial charge on any atom is -0.858 e. The van der Waals surface area contributed by atoms with E-state index in [9.17, 15) is 18.3 Å². The summed E-state index contributed by atoms with van der Waals surface area (Å²) in [5.41, 5.74) is 2.17. The molecular formula is C23H14F3N4O-. The number of hydrogen-bond donors (Lipinski definition) is 0. The number of nitrogens with zero attached hydrogens (tertiary/aromatic N) is 4. The molecule has 154 valence electrons. The number of rotatable bonds is 2. The molecule has 0 aliphatic rings. The highest BCUT2D eigenvalue weighted by atomic mass is 19.4. The smallest absolute Gasteiger partial charge is 0.416 e. The van der Waals surface area contributed by atoms with Gasteiger partial charge in [-0.25, -0.2) is 15.0 Å². The van der Waals surface area contributed by atoms with Crippen LogP contribution < -0.4 is 5.11 Å². The molecule has 0 spiro atoms. The molecule has 0 amide bonds. The van der Waals surface area contributed by atoms with E-state index in [0.717, 1.165) is 29.5 Å². The van der Waals surface area contributed by atoms with E-state index in [4.69, 9.17) is 0 Å². The lowest BCUT2D eigenvalue weighted by Gasteiger charge is -2.12. The van der Waals surface area contributed by atoms with Crippen LogP contribution in [0.15, 0.2) is 72.1 Å². The third-order valence-corrected chi connectivity index (χ3v) is 4.52. The Labute approximate surface area is 175 Å². The van der Waals surface area contributed by atoms with Crippen LogP contribution in [0, 0.1) is 18.8 Å². The number of aliphatic imine (C=N–C) groups is 1. The van der Waals surface area contributed by atoms with Gasteiger partial charge < -0.3 is 5.11 Å². The summed E-state index contributed by atoms with van der Waals surface area (Å²) in [7, 11) is 0. The first-order valence-corrected chi connectivity index (χ1v) is 9.15. The molecule has 31 heavy (non-hydrogen) atoms. The fourth-order valence-corrected chi connectivity index (χ4v) is 2.87. The van der Waals surface area contributed by atoms with Crippen molar-refractivity contribution in [2.24, 2.45) is 4.99 Å². The molecule has 1 aromatic carbocycles. The Morgan fingerprint density at radius 2 is 1.90 bits per heavy atom. The number of imidazole rings is 1. The normalized spacial score (nSPS) is 11.9. The van der Waals surface area contributed by atoms with Crippen molar-refractivity contribution >= 4 is 17.4 Å². The zero-order valence-corrected chi connectivity index (χ0v) is 16.2. The van der Waals surface area contributed by atoms with E-state index >= 15 is 0 Å². The third kappa shape index (κ3) is 4.41. The van der Waals surface area contributed by atoms with E-state index in [2.05, 4.69) is 26.8 Å². The van der Waals surface area contributed by atoms with E-state index in [1.807, 2.05) is 35.7 Å². The number of aromatic nitrogens is 3. The standard InChI is InChI=1S/C23H15F3N4O/c1-15-5-6-17(22(31)29-20-13-18(9-10-27-20)23(24,25)26)12-16(15)7-8-19-14-28-21-4-2-3-11-30(19)21/h2-6,9-14H,1H3,(H,27,29,31)/p-1. The molecular weight excluding hydrogens is 405 g/mol. The Kier molecular flexibility index (Phi) is 5.17. The van der Waals surface area contributed by atoms with Crippen LogP contribution in [0.25, 0.3) is 5.65 Å². The largest absolute Gasteiger partial charge is 0.858 e. The van der Waals surface area contributed by atoms with Crippen LogP contribution in [0.2, 0.25) is 0 Å². The zero-order valence-electron chi connectivity index (χ0n) is 16.2. The van der Waals surface area contributed by atoms with Crippen molar-refractivity contribution in [3.8, 4) is 11.8 Å². The number of hydrogen-bond acceptors (Lipinski definition) is 4. The van der Waals surface area contributed by atoms with E-state index < -0.39 is 17.6 Å². The second-order valence-corrected chi connectivity index (χ2v) is 6.67. The van der Waals surface area contributed by atoms with E-state index in [1.165, 1.54) is 0 Å².